The van der Waals surface area contributed by atoms with Gasteiger partial charge in [-0.05, 0) is 38.3 Å². The van der Waals surface area contributed by atoms with E-state index in [0.29, 0.717) is 13.0 Å². The van der Waals surface area contributed by atoms with Gasteiger partial charge in [0.2, 0.25) is 0 Å². The summed E-state index contributed by atoms with van der Waals surface area (Å²) in [6.07, 6.45) is -2.20. The molecule has 2 aliphatic rings. The highest BCUT2D eigenvalue weighted by molar-refractivity contribution is 7.12. The molecule has 2 aliphatic heterocycles. The van der Waals surface area contributed by atoms with Gasteiger partial charge in [-0.1, -0.05) is 0 Å². The quantitative estimate of drug-likeness (QED) is 0.789. The van der Waals surface area contributed by atoms with Crippen LogP contribution in [0.5, 0.6) is 0 Å². The van der Waals surface area contributed by atoms with E-state index in [4.69, 9.17) is 4.74 Å². The van der Waals surface area contributed by atoms with Crippen LogP contribution in [0.15, 0.2) is 6.07 Å². The first-order chi connectivity index (χ1) is 9.30. The average Bonchev–Trinajstić information content (AvgIpc) is 2.72. The zero-order valence-corrected chi connectivity index (χ0v) is 12.3. The van der Waals surface area contributed by atoms with Crippen molar-refractivity contribution >= 4 is 11.3 Å². The summed E-state index contributed by atoms with van der Waals surface area (Å²) >= 11 is 0.887. The fourth-order valence-electron chi connectivity index (χ4n) is 3.57. The lowest BCUT2D eigenvalue weighted by Gasteiger charge is -2.45. The summed E-state index contributed by atoms with van der Waals surface area (Å²) in [5, 5.41) is 3.42. The molecule has 1 spiro atoms. The Labute approximate surface area is 120 Å². The second-order valence-electron chi connectivity index (χ2n) is 5.92. The minimum absolute atomic E-state index is 0.249. The maximum absolute atomic E-state index is 12.9. The Hall–Kier alpha value is -0.590. The highest BCUT2D eigenvalue weighted by Crippen LogP contribution is 2.48. The molecule has 0 amide bonds. The number of rotatable bonds is 0. The molecule has 6 heteroatoms. The number of thiophene rings is 1. The van der Waals surface area contributed by atoms with Crippen molar-refractivity contribution < 1.29 is 17.9 Å². The molecule has 3 heterocycles. The van der Waals surface area contributed by atoms with Gasteiger partial charge in [0.1, 0.15) is 4.88 Å². The summed E-state index contributed by atoms with van der Waals surface area (Å²) in [6, 6.07) is 1.82. The van der Waals surface area contributed by atoms with Crippen LogP contribution in [0.1, 0.15) is 42.0 Å². The van der Waals surface area contributed by atoms with Crippen LogP contribution in [0.25, 0.3) is 0 Å². The topological polar surface area (TPSA) is 21.3 Å². The van der Waals surface area contributed by atoms with Crippen LogP contribution in [0.2, 0.25) is 0 Å². The lowest BCUT2D eigenvalue weighted by Crippen LogP contribution is -2.52. The molecule has 112 valence electrons. The third-order valence-corrected chi connectivity index (χ3v) is 5.37. The molecule has 2 nitrogen and oxygen atoms in total. The number of hydrogen-bond donors (Lipinski definition) is 1. The molecule has 1 saturated heterocycles. The SMILES string of the molecule is C[C@@H]1CC2(C[C@H](C)N1)OCCc1sc(C(F)(F)F)cc12. The van der Waals surface area contributed by atoms with Crippen molar-refractivity contribution in [2.45, 2.75) is 57.0 Å². The monoisotopic (exact) mass is 305 g/mol. The third-order valence-electron chi connectivity index (χ3n) is 4.13. The van der Waals surface area contributed by atoms with Gasteiger partial charge in [-0.25, -0.2) is 0 Å². The van der Waals surface area contributed by atoms with Gasteiger partial charge >= 0.3 is 6.18 Å². The molecule has 0 radical (unpaired) electrons. The van der Waals surface area contributed by atoms with Gasteiger partial charge in [-0.15, -0.1) is 11.3 Å². The van der Waals surface area contributed by atoms with Crippen LogP contribution in [0, 0.1) is 0 Å². The first-order valence-electron chi connectivity index (χ1n) is 6.90. The summed E-state index contributed by atoms with van der Waals surface area (Å²) in [5.74, 6) is 0. The maximum atomic E-state index is 12.9. The molecule has 0 saturated carbocycles. The Bertz CT molecular complexity index is 501. The van der Waals surface area contributed by atoms with E-state index in [0.717, 1.165) is 34.6 Å². The summed E-state index contributed by atoms with van der Waals surface area (Å²) in [7, 11) is 0. The largest absolute Gasteiger partial charge is 0.425 e. The number of halogens is 3. The highest BCUT2D eigenvalue weighted by atomic mass is 32.1. The summed E-state index contributed by atoms with van der Waals surface area (Å²) in [6.45, 7) is 4.64. The molecular weight excluding hydrogens is 287 g/mol. The van der Waals surface area contributed by atoms with Crippen molar-refractivity contribution in [1.82, 2.24) is 5.32 Å². The highest BCUT2D eigenvalue weighted by Gasteiger charge is 2.46. The standard InChI is InChI=1S/C14H18F3NOS/c1-8-6-13(7-9(2)18-8)10-5-12(14(15,16)17)20-11(10)3-4-19-13/h5,8-9,18H,3-4,6-7H2,1-2H3/t8-,9+,13?. The number of alkyl halides is 3. The smallest absolute Gasteiger partial charge is 0.370 e. The van der Waals surface area contributed by atoms with E-state index >= 15 is 0 Å². The third kappa shape index (κ3) is 2.38. The van der Waals surface area contributed by atoms with Crippen molar-refractivity contribution in [1.29, 1.82) is 0 Å². The molecule has 20 heavy (non-hydrogen) atoms. The molecule has 3 atom stereocenters. The van der Waals surface area contributed by atoms with Gasteiger partial charge in [-0.2, -0.15) is 13.2 Å². The Morgan fingerprint density at radius 3 is 2.55 bits per heavy atom. The second-order valence-corrected chi connectivity index (χ2v) is 7.05. The predicted molar refractivity (Wildman–Crippen MR) is 71.9 cm³/mol. The molecule has 0 aliphatic carbocycles. The van der Waals surface area contributed by atoms with Crippen LogP contribution in [0.3, 0.4) is 0 Å². The normalized spacial score (nSPS) is 34.2. The minimum atomic E-state index is -4.26. The van der Waals surface area contributed by atoms with E-state index in [-0.39, 0.29) is 12.1 Å². The number of fused-ring (bicyclic) bond motifs is 2. The van der Waals surface area contributed by atoms with Gasteiger partial charge in [0.05, 0.1) is 12.2 Å². The fraction of sp³-hybridized carbons (Fsp3) is 0.714. The first-order valence-corrected chi connectivity index (χ1v) is 7.72. The maximum Gasteiger partial charge on any atom is 0.425 e. The number of hydrogen-bond acceptors (Lipinski definition) is 3. The number of piperidine rings is 1. The molecule has 1 fully saturated rings. The van der Waals surface area contributed by atoms with Crippen molar-refractivity contribution in [3.8, 4) is 0 Å². The van der Waals surface area contributed by atoms with Crippen LogP contribution < -0.4 is 5.32 Å². The van der Waals surface area contributed by atoms with Crippen LogP contribution in [-0.2, 0) is 22.9 Å². The Kier molecular flexibility index (Phi) is 3.38. The molecule has 1 aromatic rings. The van der Waals surface area contributed by atoms with Crippen LogP contribution in [-0.4, -0.2) is 18.7 Å². The predicted octanol–water partition coefficient (Wildman–Crippen LogP) is 3.70. The van der Waals surface area contributed by atoms with Crippen molar-refractivity contribution in [3.05, 3.63) is 21.4 Å². The van der Waals surface area contributed by atoms with Crippen molar-refractivity contribution in [2.75, 3.05) is 6.61 Å². The van der Waals surface area contributed by atoms with E-state index < -0.39 is 16.7 Å². The number of nitrogens with one attached hydrogen (secondary N) is 1. The van der Waals surface area contributed by atoms with E-state index in [1.165, 1.54) is 6.07 Å². The molecule has 0 aromatic carbocycles. The van der Waals surface area contributed by atoms with E-state index in [1.54, 1.807) is 0 Å². The molecule has 1 aromatic heterocycles. The second kappa shape index (κ2) is 4.71. The minimum Gasteiger partial charge on any atom is -0.370 e. The lowest BCUT2D eigenvalue weighted by molar-refractivity contribution is -0.134. The Balaban J connectivity index is 2.03. The molecule has 0 bridgehead atoms. The van der Waals surface area contributed by atoms with E-state index in [1.807, 2.05) is 0 Å². The van der Waals surface area contributed by atoms with Crippen LogP contribution >= 0.6 is 11.3 Å². The van der Waals surface area contributed by atoms with E-state index in [9.17, 15) is 13.2 Å². The fourth-order valence-corrected chi connectivity index (χ4v) is 4.67. The molecule has 1 unspecified atom stereocenters. The van der Waals surface area contributed by atoms with Gasteiger partial charge in [0.15, 0.2) is 0 Å². The molecular formula is C14H18F3NOS. The van der Waals surface area contributed by atoms with Gasteiger partial charge < -0.3 is 10.1 Å². The first kappa shape index (κ1) is 14.4. The summed E-state index contributed by atoms with van der Waals surface area (Å²) in [5.41, 5.74) is 0.249. The zero-order chi connectivity index (χ0) is 14.5. The molecule has 1 N–H and O–H groups in total. The summed E-state index contributed by atoms with van der Waals surface area (Å²) in [4.78, 5) is 0.357. The molecule has 3 rings (SSSR count). The van der Waals surface area contributed by atoms with E-state index in [2.05, 4.69) is 19.2 Å². The van der Waals surface area contributed by atoms with Crippen molar-refractivity contribution in [3.63, 3.8) is 0 Å². The van der Waals surface area contributed by atoms with Gasteiger partial charge in [0.25, 0.3) is 0 Å². The number of ether oxygens (including phenoxy) is 1. The van der Waals surface area contributed by atoms with Crippen molar-refractivity contribution in [2.24, 2.45) is 0 Å². The lowest BCUT2D eigenvalue weighted by atomic mass is 9.77. The average molecular weight is 305 g/mol. The van der Waals surface area contributed by atoms with Gasteiger partial charge in [0, 0.05) is 23.4 Å². The zero-order valence-electron chi connectivity index (χ0n) is 11.5. The van der Waals surface area contributed by atoms with Gasteiger partial charge in [-0.3, -0.25) is 0 Å². The Morgan fingerprint density at radius 1 is 1.30 bits per heavy atom. The summed E-state index contributed by atoms with van der Waals surface area (Å²) < 4.78 is 44.8. The van der Waals surface area contributed by atoms with Crippen LogP contribution in [0.4, 0.5) is 13.2 Å². The Morgan fingerprint density at radius 2 is 1.95 bits per heavy atom.